The SMILES string of the molecule is CCOCCCCBr. The molecule has 0 aliphatic heterocycles. The number of hydrogen-bond acceptors (Lipinski definition) is 1. The molecule has 0 amide bonds. The molecule has 50 valence electrons. The lowest BCUT2D eigenvalue weighted by Crippen LogP contribution is -1.92. The number of alkyl halides is 1. The van der Waals surface area contributed by atoms with Crippen molar-refractivity contribution in [3.05, 3.63) is 0 Å². The summed E-state index contributed by atoms with van der Waals surface area (Å²) in [6, 6.07) is 0. The molecule has 0 unspecified atom stereocenters. The average molecular weight is 181 g/mol. The minimum absolute atomic E-state index is 0.849. The van der Waals surface area contributed by atoms with E-state index in [1.807, 2.05) is 6.92 Å². The van der Waals surface area contributed by atoms with Gasteiger partial charge < -0.3 is 4.74 Å². The van der Waals surface area contributed by atoms with Gasteiger partial charge in [-0.25, -0.2) is 0 Å². The van der Waals surface area contributed by atoms with Crippen molar-refractivity contribution < 1.29 is 4.74 Å². The minimum atomic E-state index is 0.849. The molecule has 2 heteroatoms. The highest BCUT2D eigenvalue weighted by Crippen LogP contribution is 1.93. The lowest BCUT2D eigenvalue weighted by molar-refractivity contribution is 0.145. The van der Waals surface area contributed by atoms with Crippen LogP contribution in [0, 0.1) is 0 Å². The van der Waals surface area contributed by atoms with Crippen LogP contribution in [0.5, 0.6) is 0 Å². The molecule has 0 aromatic carbocycles. The first kappa shape index (κ1) is 8.44. The number of ether oxygens (including phenoxy) is 1. The van der Waals surface area contributed by atoms with Crippen molar-refractivity contribution in [3.8, 4) is 0 Å². The Kier molecular flexibility index (Phi) is 7.85. The lowest BCUT2D eigenvalue weighted by atomic mass is 10.4. The maximum absolute atomic E-state index is 5.11. The Balaban J connectivity index is 2.53. The summed E-state index contributed by atoms with van der Waals surface area (Å²) in [6.07, 6.45) is 2.40. The summed E-state index contributed by atoms with van der Waals surface area (Å²) in [5.41, 5.74) is 0. The van der Waals surface area contributed by atoms with E-state index in [-0.39, 0.29) is 0 Å². The van der Waals surface area contributed by atoms with E-state index in [1.165, 1.54) is 12.8 Å². The lowest BCUT2D eigenvalue weighted by Gasteiger charge is -1.96. The van der Waals surface area contributed by atoms with Gasteiger partial charge in [-0.3, -0.25) is 0 Å². The van der Waals surface area contributed by atoms with Gasteiger partial charge in [0, 0.05) is 18.5 Å². The van der Waals surface area contributed by atoms with Crippen LogP contribution in [0.15, 0.2) is 0 Å². The van der Waals surface area contributed by atoms with Crippen molar-refractivity contribution >= 4 is 15.9 Å². The highest BCUT2D eigenvalue weighted by Gasteiger charge is 1.83. The number of unbranched alkanes of at least 4 members (excludes halogenated alkanes) is 1. The minimum Gasteiger partial charge on any atom is -0.382 e. The van der Waals surface area contributed by atoms with Crippen LogP contribution in [0.1, 0.15) is 19.8 Å². The van der Waals surface area contributed by atoms with Gasteiger partial charge in [0.2, 0.25) is 0 Å². The molecule has 0 fully saturated rings. The third-order valence-corrected chi connectivity index (χ3v) is 1.44. The second-order valence-electron chi connectivity index (χ2n) is 1.59. The second-order valence-corrected chi connectivity index (χ2v) is 2.39. The number of hydrogen-bond donors (Lipinski definition) is 0. The van der Waals surface area contributed by atoms with Crippen LogP contribution >= 0.6 is 15.9 Å². The fourth-order valence-electron chi connectivity index (χ4n) is 0.443. The summed E-state index contributed by atoms with van der Waals surface area (Å²) in [4.78, 5) is 0. The Morgan fingerprint density at radius 1 is 1.38 bits per heavy atom. The van der Waals surface area contributed by atoms with Gasteiger partial charge in [0.1, 0.15) is 0 Å². The Bertz CT molecular complexity index is 33.5. The average Bonchev–Trinajstić information content (AvgIpc) is 1.81. The zero-order valence-corrected chi connectivity index (χ0v) is 6.91. The zero-order valence-electron chi connectivity index (χ0n) is 5.32. The monoisotopic (exact) mass is 180 g/mol. The summed E-state index contributed by atoms with van der Waals surface area (Å²) in [5.74, 6) is 0. The summed E-state index contributed by atoms with van der Waals surface area (Å²) in [6.45, 7) is 3.79. The standard InChI is InChI=1S/C6H13BrO/c1-2-8-6-4-3-5-7/h2-6H2,1H3. The van der Waals surface area contributed by atoms with E-state index in [2.05, 4.69) is 15.9 Å². The molecule has 0 aliphatic carbocycles. The Labute approximate surface area is 59.5 Å². The van der Waals surface area contributed by atoms with E-state index in [1.54, 1.807) is 0 Å². The maximum Gasteiger partial charge on any atom is 0.0466 e. The van der Waals surface area contributed by atoms with Crippen LogP contribution in [-0.2, 0) is 4.74 Å². The number of rotatable bonds is 5. The molecule has 8 heavy (non-hydrogen) atoms. The highest BCUT2D eigenvalue weighted by atomic mass is 79.9. The molecule has 1 nitrogen and oxygen atoms in total. The molecule has 0 saturated carbocycles. The smallest absolute Gasteiger partial charge is 0.0466 e. The van der Waals surface area contributed by atoms with Crippen LogP contribution in [0.3, 0.4) is 0 Å². The van der Waals surface area contributed by atoms with Crippen molar-refractivity contribution in [2.75, 3.05) is 18.5 Å². The third kappa shape index (κ3) is 6.44. The summed E-state index contributed by atoms with van der Waals surface area (Å²) in [5, 5.41) is 1.10. The van der Waals surface area contributed by atoms with E-state index >= 15 is 0 Å². The first-order valence-electron chi connectivity index (χ1n) is 3.05. The predicted molar refractivity (Wildman–Crippen MR) is 39.5 cm³/mol. The molecule has 0 spiro atoms. The highest BCUT2D eigenvalue weighted by molar-refractivity contribution is 9.09. The molecule has 0 saturated heterocycles. The largest absolute Gasteiger partial charge is 0.382 e. The predicted octanol–water partition coefficient (Wildman–Crippen LogP) is 2.20. The van der Waals surface area contributed by atoms with Crippen molar-refractivity contribution in [1.29, 1.82) is 0 Å². The molecule has 0 radical (unpaired) electrons. The molecule has 0 aromatic rings. The Hall–Kier alpha value is 0.440. The second kappa shape index (κ2) is 7.44. The van der Waals surface area contributed by atoms with Gasteiger partial charge >= 0.3 is 0 Å². The van der Waals surface area contributed by atoms with E-state index in [4.69, 9.17) is 4.74 Å². The topological polar surface area (TPSA) is 9.23 Å². The quantitative estimate of drug-likeness (QED) is 0.466. The summed E-state index contributed by atoms with van der Waals surface area (Å²) < 4.78 is 5.11. The molecule has 0 atom stereocenters. The van der Waals surface area contributed by atoms with Crippen LogP contribution in [-0.4, -0.2) is 18.5 Å². The van der Waals surface area contributed by atoms with Crippen LogP contribution < -0.4 is 0 Å². The van der Waals surface area contributed by atoms with Crippen molar-refractivity contribution in [2.24, 2.45) is 0 Å². The molecule has 0 N–H and O–H groups in total. The van der Waals surface area contributed by atoms with Gasteiger partial charge in [0.15, 0.2) is 0 Å². The van der Waals surface area contributed by atoms with Gasteiger partial charge in [-0.1, -0.05) is 15.9 Å². The molecule has 0 aromatic heterocycles. The van der Waals surface area contributed by atoms with Crippen LogP contribution in [0.4, 0.5) is 0 Å². The fourth-order valence-corrected chi connectivity index (χ4v) is 0.839. The van der Waals surface area contributed by atoms with Crippen molar-refractivity contribution in [3.63, 3.8) is 0 Å². The molecular weight excluding hydrogens is 168 g/mol. The van der Waals surface area contributed by atoms with Crippen molar-refractivity contribution in [2.45, 2.75) is 19.8 Å². The first-order chi connectivity index (χ1) is 3.91. The third-order valence-electron chi connectivity index (χ3n) is 0.876. The van der Waals surface area contributed by atoms with E-state index in [0.29, 0.717) is 0 Å². The van der Waals surface area contributed by atoms with Gasteiger partial charge in [-0.2, -0.15) is 0 Å². The summed E-state index contributed by atoms with van der Waals surface area (Å²) in [7, 11) is 0. The molecule has 0 bridgehead atoms. The van der Waals surface area contributed by atoms with E-state index in [9.17, 15) is 0 Å². The molecule has 0 aliphatic rings. The van der Waals surface area contributed by atoms with Gasteiger partial charge in [-0.05, 0) is 19.8 Å². The molecular formula is C6H13BrO. The van der Waals surface area contributed by atoms with E-state index < -0.39 is 0 Å². The van der Waals surface area contributed by atoms with Crippen LogP contribution in [0.25, 0.3) is 0 Å². The fraction of sp³-hybridized carbons (Fsp3) is 1.00. The van der Waals surface area contributed by atoms with Gasteiger partial charge in [0.25, 0.3) is 0 Å². The molecule has 0 heterocycles. The normalized spacial score (nSPS) is 9.75. The Morgan fingerprint density at radius 3 is 2.62 bits per heavy atom. The maximum atomic E-state index is 5.11. The van der Waals surface area contributed by atoms with Gasteiger partial charge in [-0.15, -0.1) is 0 Å². The van der Waals surface area contributed by atoms with E-state index in [0.717, 1.165) is 18.5 Å². The molecule has 0 rings (SSSR count). The number of halogens is 1. The zero-order chi connectivity index (χ0) is 6.24. The Morgan fingerprint density at radius 2 is 2.12 bits per heavy atom. The first-order valence-corrected chi connectivity index (χ1v) is 4.17. The summed E-state index contributed by atoms with van der Waals surface area (Å²) >= 11 is 3.35. The van der Waals surface area contributed by atoms with Gasteiger partial charge in [0.05, 0.1) is 0 Å². The van der Waals surface area contributed by atoms with Crippen molar-refractivity contribution in [1.82, 2.24) is 0 Å². The van der Waals surface area contributed by atoms with Crippen LogP contribution in [0.2, 0.25) is 0 Å².